The average molecular weight is 199 g/mol. The largest absolute Gasteiger partial charge is 0.733 e. The standard InChI is InChI=1S/C7H5ClN3O2/c8-7-4-3-9-10-5(4)1-2-6(7)11(12)13/h1-3,12H,(H,9,10)/q-1. The summed E-state index contributed by atoms with van der Waals surface area (Å²) in [7, 11) is 0. The third-order valence-corrected chi connectivity index (χ3v) is 2.14. The van der Waals surface area contributed by atoms with Crippen molar-refractivity contribution in [2.45, 2.75) is 0 Å². The van der Waals surface area contributed by atoms with Crippen molar-refractivity contribution >= 4 is 28.2 Å². The lowest BCUT2D eigenvalue weighted by Gasteiger charge is -2.22. The lowest BCUT2D eigenvalue weighted by Crippen LogP contribution is -2.07. The molecule has 1 aromatic carbocycles. The fourth-order valence-corrected chi connectivity index (χ4v) is 1.41. The molecule has 13 heavy (non-hydrogen) atoms. The van der Waals surface area contributed by atoms with Crippen LogP contribution in [0.4, 0.5) is 5.69 Å². The van der Waals surface area contributed by atoms with Crippen molar-refractivity contribution in [1.82, 2.24) is 10.2 Å². The maximum absolute atomic E-state index is 10.6. The van der Waals surface area contributed by atoms with Crippen molar-refractivity contribution in [2.75, 3.05) is 5.23 Å². The van der Waals surface area contributed by atoms with Gasteiger partial charge in [0.1, 0.15) is 0 Å². The molecular weight excluding hydrogens is 194 g/mol. The smallest absolute Gasteiger partial charge is 0.0763 e. The minimum Gasteiger partial charge on any atom is -0.733 e. The van der Waals surface area contributed by atoms with E-state index in [1.54, 1.807) is 6.07 Å². The normalized spacial score (nSPS) is 10.7. The minimum absolute atomic E-state index is 0.00978. The van der Waals surface area contributed by atoms with Gasteiger partial charge in [0.15, 0.2) is 0 Å². The summed E-state index contributed by atoms with van der Waals surface area (Å²) in [6.07, 6.45) is 1.49. The molecule has 0 aliphatic heterocycles. The van der Waals surface area contributed by atoms with Crippen molar-refractivity contribution in [1.29, 1.82) is 0 Å². The van der Waals surface area contributed by atoms with Crippen LogP contribution < -0.4 is 5.23 Å². The number of hydrogen-bond acceptors (Lipinski definition) is 4. The van der Waals surface area contributed by atoms with Crippen LogP contribution in [-0.4, -0.2) is 15.4 Å². The second kappa shape index (κ2) is 2.88. The number of aromatic amines is 1. The van der Waals surface area contributed by atoms with Crippen molar-refractivity contribution in [3.8, 4) is 0 Å². The van der Waals surface area contributed by atoms with Gasteiger partial charge in [0.25, 0.3) is 0 Å². The van der Waals surface area contributed by atoms with Crippen molar-refractivity contribution in [3.63, 3.8) is 0 Å². The van der Waals surface area contributed by atoms with Gasteiger partial charge in [0, 0.05) is 5.39 Å². The number of nitrogens with one attached hydrogen (secondary N) is 1. The number of H-pyrrole nitrogens is 1. The van der Waals surface area contributed by atoms with Crippen molar-refractivity contribution in [3.05, 3.63) is 28.6 Å². The van der Waals surface area contributed by atoms with Gasteiger partial charge in [-0.15, -0.1) is 0 Å². The molecule has 6 heteroatoms. The number of halogens is 1. The van der Waals surface area contributed by atoms with Crippen LogP contribution in [0.25, 0.3) is 10.9 Å². The zero-order valence-corrected chi connectivity index (χ0v) is 7.12. The van der Waals surface area contributed by atoms with Crippen LogP contribution in [0.5, 0.6) is 0 Å². The van der Waals surface area contributed by atoms with Gasteiger partial charge in [-0.1, -0.05) is 11.6 Å². The van der Waals surface area contributed by atoms with Crippen LogP contribution in [0.15, 0.2) is 18.3 Å². The summed E-state index contributed by atoms with van der Waals surface area (Å²) in [5, 5.41) is 26.2. The van der Waals surface area contributed by atoms with Gasteiger partial charge in [-0.05, 0) is 12.1 Å². The van der Waals surface area contributed by atoms with Crippen molar-refractivity contribution in [2.24, 2.45) is 0 Å². The van der Waals surface area contributed by atoms with Gasteiger partial charge in [0.2, 0.25) is 0 Å². The molecule has 2 N–H and O–H groups in total. The van der Waals surface area contributed by atoms with Crippen LogP contribution in [-0.2, 0) is 0 Å². The van der Waals surface area contributed by atoms with Gasteiger partial charge in [-0.25, -0.2) is 0 Å². The summed E-state index contributed by atoms with van der Waals surface area (Å²) in [5.41, 5.74) is 0.728. The Morgan fingerprint density at radius 2 is 2.31 bits per heavy atom. The van der Waals surface area contributed by atoms with Crippen LogP contribution in [0.2, 0.25) is 5.02 Å². The fraction of sp³-hybridized carbons (Fsp3) is 0. The number of rotatable bonds is 1. The van der Waals surface area contributed by atoms with E-state index < -0.39 is 0 Å². The van der Waals surface area contributed by atoms with Gasteiger partial charge < -0.3 is 10.4 Å². The molecule has 0 fully saturated rings. The second-order valence-electron chi connectivity index (χ2n) is 2.50. The summed E-state index contributed by atoms with van der Waals surface area (Å²) >= 11 is 5.82. The third kappa shape index (κ3) is 1.23. The first-order valence-electron chi connectivity index (χ1n) is 3.48. The highest BCUT2D eigenvalue weighted by Crippen LogP contribution is 2.31. The first-order valence-corrected chi connectivity index (χ1v) is 3.85. The summed E-state index contributed by atoms with van der Waals surface area (Å²) in [5.74, 6) is 0. The summed E-state index contributed by atoms with van der Waals surface area (Å²) in [4.78, 5) is 0. The first kappa shape index (κ1) is 8.31. The summed E-state index contributed by atoms with van der Waals surface area (Å²) in [6.45, 7) is 0. The Bertz CT molecular complexity index is 440. The van der Waals surface area contributed by atoms with Crippen molar-refractivity contribution < 1.29 is 5.21 Å². The molecular formula is C7H5ClN3O2-. The molecule has 0 aliphatic carbocycles. The van der Waals surface area contributed by atoms with Crippen LogP contribution in [0.1, 0.15) is 0 Å². The molecule has 0 radical (unpaired) electrons. The van der Waals surface area contributed by atoms with E-state index in [4.69, 9.17) is 16.8 Å². The zero-order valence-electron chi connectivity index (χ0n) is 6.36. The highest BCUT2D eigenvalue weighted by molar-refractivity contribution is 6.38. The van der Waals surface area contributed by atoms with Crippen LogP contribution in [0.3, 0.4) is 0 Å². The molecule has 0 saturated heterocycles. The summed E-state index contributed by atoms with van der Waals surface area (Å²) < 4.78 is 0. The Labute approximate surface area is 78.1 Å². The van der Waals surface area contributed by atoms with E-state index in [1.807, 2.05) is 0 Å². The van der Waals surface area contributed by atoms with E-state index in [-0.39, 0.29) is 15.9 Å². The van der Waals surface area contributed by atoms with Gasteiger partial charge in [-0.3, -0.25) is 10.3 Å². The van der Waals surface area contributed by atoms with E-state index in [0.29, 0.717) is 5.39 Å². The predicted octanol–water partition coefficient (Wildman–Crippen LogP) is 1.91. The minimum atomic E-state index is -0.269. The van der Waals surface area contributed by atoms with E-state index in [0.717, 1.165) is 5.52 Å². The molecule has 0 atom stereocenters. The molecule has 0 unspecified atom stereocenters. The Balaban J connectivity index is 2.73. The highest BCUT2D eigenvalue weighted by atomic mass is 35.5. The van der Waals surface area contributed by atoms with Gasteiger partial charge >= 0.3 is 0 Å². The molecule has 68 valence electrons. The Morgan fingerprint density at radius 3 is 3.00 bits per heavy atom. The third-order valence-electron chi connectivity index (χ3n) is 1.74. The second-order valence-corrected chi connectivity index (χ2v) is 2.88. The zero-order chi connectivity index (χ0) is 9.42. The lowest BCUT2D eigenvalue weighted by atomic mass is 10.2. The molecule has 2 aromatic rings. The molecule has 5 nitrogen and oxygen atoms in total. The summed E-state index contributed by atoms with van der Waals surface area (Å²) in [6, 6.07) is 3.03. The lowest BCUT2D eigenvalue weighted by molar-refractivity contribution is 0.296. The maximum Gasteiger partial charge on any atom is 0.0763 e. The molecule has 0 saturated carbocycles. The number of nitrogens with zero attached hydrogens (tertiary/aromatic N) is 2. The number of hydrogen-bond donors (Lipinski definition) is 2. The topological polar surface area (TPSA) is 75.2 Å². The monoisotopic (exact) mass is 198 g/mol. The molecule has 1 aromatic heterocycles. The van der Waals surface area contributed by atoms with Crippen LogP contribution in [0, 0.1) is 5.21 Å². The number of anilines is 1. The van der Waals surface area contributed by atoms with E-state index >= 15 is 0 Å². The van der Waals surface area contributed by atoms with E-state index in [2.05, 4.69) is 10.2 Å². The first-order chi connectivity index (χ1) is 6.20. The predicted molar refractivity (Wildman–Crippen MR) is 48.7 cm³/mol. The molecule has 0 spiro atoms. The fourth-order valence-electron chi connectivity index (χ4n) is 1.12. The molecule has 0 bridgehead atoms. The molecule has 1 heterocycles. The van der Waals surface area contributed by atoms with E-state index in [1.165, 1.54) is 12.3 Å². The number of benzene rings is 1. The average Bonchev–Trinajstić information content (AvgIpc) is 2.52. The number of fused-ring (bicyclic) bond motifs is 1. The maximum atomic E-state index is 10.6. The SMILES string of the molecule is [O-]N(O)c1ccc2[nH]ncc2c1Cl. The quantitative estimate of drug-likeness (QED) is 0.687. The molecule has 2 rings (SSSR count). The molecule has 0 amide bonds. The van der Waals surface area contributed by atoms with Crippen LogP contribution >= 0.6 is 11.6 Å². The molecule has 0 aliphatic rings. The Kier molecular flexibility index (Phi) is 1.84. The Hall–Kier alpha value is -1.30. The highest BCUT2D eigenvalue weighted by Gasteiger charge is 2.06. The van der Waals surface area contributed by atoms with E-state index in [9.17, 15) is 5.21 Å². The number of aromatic nitrogens is 2. The Morgan fingerprint density at radius 1 is 1.54 bits per heavy atom. The van der Waals surface area contributed by atoms with Gasteiger partial charge in [-0.2, -0.15) is 5.10 Å². The van der Waals surface area contributed by atoms with Gasteiger partial charge in [0.05, 0.1) is 22.4 Å².